The van der Waals surface area contributed by atoms with Crippen LogP contribution in [0.3, 0.4) is 0 Å². The van der Waals surface area contributed by atoms with Gasteiger partial charge in [0.2, 0.25) is 6.79 Å². The third-order valence-corrected chi connectivity index (χ3v) is 5.56. The van der Waals surface area contributed by atoms with Crippen LogP contribution < -0.4 is 9.47 Å². The van der Waals surface area contributed by atoms with Gasteiger partial charge in [-0.15, -0.1) is 0 Å². The smallest absolute Gasteiger partial charge is 0.231 e. The molecule has 10 heteroatoms. The number of ether oxygens (including phenoxy) is 2. The van der Waals surface area contributed by atoms with E-state index in [1.54, 1.807) is 18.6 Å². The summed E-state index contributed by atoms with van der Waals surface area (Å²) >= 11 is 0. The maximum absolute atomic E-state index is 5.54. The number of pyridine rings is 2. The van der Waals surface area contributed by atoms with Crippen LogP contribution in [0.1, 0.15) is 0 Å². The Morgan fingerprint density at radius 2 is 1.79 bits per heavy atom. The van der Waals surface area contributed by atoms with Crippen LogP contribution in [0.5, 0.6) is 11.5 Å². The van der Waals surface area contributed by atoms with E-state index in [4.69, 9.17) is 19.4 Å². The number of benzene rings is 1. The number of aromatic amines is 2. The number of fused-ring (bicyclic) bond motifs is 3. The fraction of sp³-hybridized carbons (Fsp3) is 0.0435. The summed E-state index contributed by atoms with van der Waals surface area (Å²) in [6, 6.07) is 11.6. The van der Waals surface area contributed by atoms with Crippen molar-refractivity contribution in [2.24, 2.45) is 0 Å². The van der Waals surface area contributed by atoms with Crippen LogP contribution in [0.25, 0.3) is 56.1 Å². The summed E-state index contributed by atoms with van der Waals surface area (Å²) in [7, 11) is 0. The number of nitrogens with one attached hydrogen (secondary N) is 2. The molecule has 158 valence electrons. The maximum Gasteiger partial charge on any atom is 0.231 e. The van der Waals surface area contributed by atoms with Crippen molar-refractivity contribution in [3.63, 3.8) is 0 Å². The zero-order valence-corrected chi connectivity index (χ0v) is 17.0. The van der Waals surface area contributed by atoms with Crippen LogP contribution in [-0.4, -0.2) is 46.9 Å². The Labute approximate surface area is 185 Å². The van der Waals surface area contributed by atoms with Crippen LogP contribution in [0.15, 0.2) is 61.3 Å². The predicted molar refractivity (Wildman–Crippen MR) is 119 cm³/mol. The molecular weight excluding hydrogens is 420 g/mol. The lowest BCUT2D eigenvalue weighted by molar-refractivity contribution is 0.174. The minimum absolute atomic E-state index is 0.231. The van der Waals surface area contributed by atoms with E-state index in [-0.39, 0.29) is 6.79 Å². The SMILES string of the molecule is c1ncc(-c2ccc3[nH]nc(-c4nc5nccc(-c6ccc7c(c6)OCO7)c5[nH]4)c3n2)cn1. The van der Waals surface area contributed by atoms with E-state index in [1.165, 1.54) is 6.33 Å². The number of rotatable bonds is 3. The Balaban J connectivity index is 1.37. The highest BCUT2D eigenvalue weighted by Crippen LogP contribution is 2.38. The third-order valence-electron chi connectivity index (χ3n) is 5.56. The van der Waals surface area contributed by atoms with E-state index < -0.39 is 0 Å². The largest absolute Gasteiger partial charge is 0.454 e. The van der Waals surface area contributed by atoms with E-state index in [0.717, 1.165) is 44.9 Å². The fourth-order valence-corrected chi connectivity index (χ4v) is 3.98. The first-order valence-electron chi connectivity index (χ1n) is 10.2. The van der Waals surface area contributed by atoms with Gasteiger partial charge >= 0.3 is 0 Å². The van der Waals surface area contributed by atoms with Crippen molar-refractivity contribution >= 4 is 22.2 Å². The summed E-state index contributed by atoms with van der Waals surface area (Å²) in [5.41, 5.74) is 6.99. The molecule has 5 aromatic heterocycles. The van der Waals surface area contributed by atoms with Gasteiger partial charge in [-0.25, -0.2) is 24.9 Å². The number of imidazole rings is 1. The first-order valence-corrected chi connectivity index (χ1v) is 10.2. The zero-order chi connectivity index (χ0) is 21.8. The van der Waals surface area contributed by atoms with E-state index >= 15 is 0 Å². The summed E-state index contributed by atoms with van der Waals surface area (Å²) < 4.78 is 11.0. The second-order valence-electron chi connectivity index (χ2n) is 7.50. The van der Waals surface area contributed by atoms with Crippen molar-refractivity contribution in [1.82, 2.24) is 40.1 Å². The molecule has 0 radical (unpaired) electrons. The molecule has 0 unspecified atom stereocenters. The standard InChI is InChI=1S/C23H14N8O2/c1-4-17-18(33-11-32-17)7-12(1)14-5-6-26-22-19(14)28-23(29-22)21-20-16(30-31-21)3-2-15(27-20)13-8-24-10-25-9-13/h1-10H,11H2,(H,30,31)(H,26,28,29). The van der Waals surface area contributed by atoms with Gasteiger partial charge in [0, 0.05) is 29.7 Å². The Kier molecular flexibility index (Phi) is 3.68. The van der Waals surface area contributed by atoms with Gasteiger partial charge in [-0.2, -0.15) is 5.10 Å². The Morgan fingerprint density at radius 1 is 0.879 bits per heavy atom. The van der Waals surface area contributed by atoms with E-state index in [1.807, 2.05) is 36.4 Å². The van der Waals surface area contributed by atoms with Crippen LogP contribution in [0.4, 0.5) is 0 Å². The van der Waals surface area contributed by atoms with Crippen molar-refractivity contribution in [1.29, 1.82) is 0 Å². The molecular formula is C23H14N8O2. The lowest BCUT2D eigenvalue weighted by Crippen LogP contribution is -1.92. The first-order chi connectivity index (χ1) is 16.3. The van der Waals surface area contributed by atoms with Gasteiger partial charge in [-0.3, -0.25) is 5.10 Å². The fourth-order valence-electron chi connectivity index (χ4n) is 3.98. The molecule has 33 heavy (non-hydrogen) atoms. The Morgan fingerprint density at radius 3 is 2.73 bits per heavy atom. The Hall–Kier alpha value is -4.86. The summed E-state index contributed by atoms with van der Waals surface area (Å²) in [4.78, 5) is 25.5. The molecule has 6 heterocycles. The molecule has 1 aliphatic heterocycles. The maximum atomic E-state index is 5.54. The molecule has 0 aliphatic carbocycles. The van der Waals surface area contributed by atoms with E-state index in [2.05, 4.69) is 30.1 Å². The van der Waals surface area contributed by atoms with Gasteiger partial charge in [-0.05, 0) is 35.9 Å². The zero-order valence-electron chi connectivity index (χ0n) is 17.0. The molecule has 0 atom stereocenters. The monoisotopic (exact) mass is 434 g/mol. The quantitative estimate of drug-likeness (QED) is 0.431. The lowest BCUT2D eigenvalue weighted by Gasteiger charge is -2.04. The first kappa shape index (κ1) is 17.8. The lowest BCUT2D eigenvalue weighted by atomic mass is 10.1. The summed E-state index contributed by atoms with van der Waals surface area (Å²) in [5.74, 6) is 2.03. The van der Waals surface area contributed by atoms with Crippen LogP contribution in [-0.2, 0) is 0 Å². The average molecular weight is 434 g/mol. The Bertz CT molecular complexity index is 1660. The highest BCUT2D eigenvalue weighted by molar-refractivity contribution is 5.95. The summed E-state index contributed by atoms with van der Waals surface area (Å²) in [5, 5.41) is 7.50. The molecule has 0 saturated carbocycles. The van der Waals surface area contributed by atoms with Crippen molar-refractivity contribution in [3.8, 4) is 45.4 Å². The average Bonchev–Trinajstić information content (AvgIpc) is 3.60. The van der Waals surface area contributed by atoms with Gasteiger partial charge in [-0.1, -0.05) is 6.07 Å². The second-order valence-corrected chi connectivity index (χ2v) is 7.50. The summed E-state index contributed by atoms with van der Waals surface area (Å²) in [6.07, 6.45) is 6.68. The highest BCUT2D eigenvalue weighted by atomic mass is 16.7. The van der Waals surface area contributed by atoms with E-state index in [9.17, 15) is 0 Å². The van der Waals surface area contributed by atoms with Crippen molar-refractivity contribution in [2.75, 3.05) is 6.79 Å². The van der Waals surface area contributed by atoms with Crippen molar-refractivity contribution in [2.45, 2.75) is 0 Å². The van der Waals surface area contributed by atoms with E-state index in [0.29, 0.717) is 22.7 Å². The van der Waals surface area contributed by atoms with Crippen molar-refractivity contribution in [3.05, 3.63) is 61.3 Å². The number of nitrogens with zero attached hydrogens (tertiary/aromatic N) is 6. The number of aromatic nitrogens is 8. The minimum atomic E-state index is 0.231. The molecule has 0 saturated heterocycles. The van der Waals surface area contributed by atoms with Gasteiger partial charge in [0.1, 0.15) is 11.8 Å². The summed E-state index contributed by atoms with van der Waals surface area (Å²) in [6.45, 7) is 0.231. The number of hydrogen-bond acceptors (Lipinski definition) is 8. The molecule has 1 aromatic carbocycles. The van der Waals surface area contributed by atoms with Gasteiger partial charge in [0.15, 0.2) is 28.7 Å². The molecule has 0 bridgehead atoms. The molecule has 1 aliphatic rings. The van der Waals surface area contributed by atoms with Crippen LogP contribution in [0, 0.1) is 0 Å². The molecule has 10 nitrogen and oxygen atoms in total. The normalized spacial score (nSPS) is 12.6. The molecule has 0 fully saturated rings. The van der Waals surface area contributed by atoms with Crippen molar-refractivity contribution < 1.29 is 9.47 Å². The number of H-pyrrole nitrogens is 2. The highest BCUT2D eigenvalue weighted by Gasteiger charge is 2.19. The van der Waals surface area contributed by atoms with Crippen LogP contribution >= 0.6 is 0 Å². The predicted octanol–water partition coefficient (Wildman–Crippen LogP) is 3.75. The van der Waals surface area contributed by atoms with Crippen LogP contribution in [0.2, 0.25) is 0 Å². The molecule has 0 amide bonds. The molecule has 2 N–H and O–H groups in total. The molecule has 6 aromatic rings. The third kappa shape index (κ3) is 2.81. The topological polar surface area (TPSA) is 127 Å². The number of hydrogen-bond donors (Lipinski definition) is 2. The van der Waals surface area contributed by atoms with Gasteiger partial charge in [0.25, 0.3) is 0 Å². The minimum Gasteiger partial charge on any atom is -0.454 e. The molecule has 0 spiro atoms. The van der Waals surface area contributed by atoms with Gasteiger partial charge in [0.05, 0.1) is 16.7 Å². The second kappa shape index (κ2) is 6.82. The van der Waals surface area contributed by atoms with Gasteiger partial charge < -0.3 is 14.5 Å². The molecule has 7 rings (SSSR count).